The Balaban J connectivity index is 1.19. The van der Waals surface area contributed by atoms with Crippen LogP contribution >= 0.6 is 0 Å². The second-order valence-electron chi connectivity index (χ2n) is 7.84. The maximum absolute atomic E-state index is 12.7. The molecule has 0 saturated heterocycles. The summed E-state index contributed by atoms with van der Waals surface area (Å²) in [6, 6.07) is 6.19. The number of rotatable bonds is 4. The van der Waals surface area contributed by atoms with E-state index in [2.05, 4.69) is 25.4 Å². The second kappa shape index (κ2) is 7.70. The van der Waals surface area contributed by atoms with E-state index in [-0.39, 0.29) is 11.9 Å². The zero-order chi connectivity index (χ0) is 20.5. The molecule has 30 heavy (non-hydrogen) atoms. The SMILES string of the molecule is Cn1cnc2cc(C(=O)NC3CCC(n4cc(-c5cnccn5)cn4)CC3)ccc21. The van der Waals surface area contributed by atoms with E-state index in [0.29, 0.717) is 11.6 Å². The minimum Gasteiger partial charge on any atom is -0.349 e. The van der Waals surface area contributed by atoms with Crippen molar-refractivity contribution in [2.45, 2.75) is 37.8 Å². The Bertz CT molecular complexity index is 1170. The van der Waals surface area contributed by atoms with Gasteiger partial charge in [0, 0.05) is 42.8 Å². The van der Waals surface area contributed by atoms with Gasteiger partial charge in [-0.25, -0.2) is 4.98 Å². The molecule has 4 aromatic rings. The van der Waals surface area contributed by atoms with Crippen molar-refractivity contribution in [3.8, 4) is 11.3 Å². The summed E-state index contributed by atoms with van der Waals surface area (Å²) in [5, 5.41) is 7.72. The van der Waals surface area contributed by atoms with Gasteiger partial charge in [-0.1, -0.05) is 0 Å². The van der Waals surface area contributed by atoms with Gasteiger partial charge < -0.3 is 9.88 Å². The monoisotopic (exact) mass is 401 g/mol. The van der Waals surface area contributed by atoms with Crippen LogP contribution in [0.25, 0.3) is 22.3 Å². The number of aryl methyl sites for hydroxylation is 1. The van der Waals surface area contributed by atoms with Gasteiger partial charge in [-0.05, 0) is 43.9 Å². The number of aromatic nitrogens is 6. The van der Waals surface area contributed by atoms with E-state index in [1.807, 2.05) is 46.9 Å². The van der Waals surface area contributed by atoms with Gasteiger partial charge in [-0.15, -0.1) is 0 Å². The first-order valence-corrected chi connectivity index (χ1v) is 10.2. The minimum absolute atomic E-state index is 0.0324. The van der Waals surface area contributed by atoms with Crippen molar-refractivity contribution in [1.82, 2.24) is 34.6 Å². The van der Waals surface area contributed by atoms with Crippen LogP contribution in [-0.4, -0.2) is 41.2 Å². The quantitative estimate of drug-likeness (QED) is 0.567. The van der Waals surface area contributed by atoms with Crippen molar-refractivity contribution in [2.75, 3.05) is 0 Å². The molecule has 1 aliphatic rings. The van der Waals surface area contributed by atoms with Crippen molar-refractivity contribution in [2.24, 2.45) is 7.05 Å². The predicted molar refractivity (Wildman–Crippen MR) is 113 cm³/mol. The van der Waals surface area contributed by atoms with Crippen LogP contribution in [0.1, 0.15) is 42.1 Å². The van der Waals surface area contributed by atoms with Crippen molar-refractivity contribution in [3.05, 3.63) is 61.1 Å². The smallest absolute Gasteiger partial charge is 0.251 e. The standard InChI is InChI=1S/C22H23N7O/c1-28-14-25-19-10-15(2-7-21(19)28)22(30)27-17-3-5-18(6-4-17)29-13-16(11-26-29)20-12-23-8-9-24-20/h2,7-14,17-18H,3-6H2,1H3,(H,27,30). The molecule has 0 radical (unpaired) electrons. The molecule has 1 fully saturated rings. The fourth-order valence-corrected chi connectivity index (χ4v) is 4.15. The van der Waals surface area contributed by atoms with Crippen molar-refractivity contribution in [3.63, 3.8) is 0 Å². The number of nitrogens with zero attached hydrogens (tertiary/aromatic N) is 6. The van der Waals surface area contributed by atoms with E-state index in [4.69, 9.17) is 0 Å². The van der Waals surface area contributed by atoms with Gasteiger partial charge in [0.05, 0.1) is 41.5 Å². The molecule has 0 bridgehead atoms. The Labute approximate surface area is 174 Å². The highest BCUT2D eigenvalue weighted by Crippen LogP contribution is 2.29. The molecule has 1 aromatic carbocycles. The predicted octanol–water partition coefficient (Wildman–Crippen LogP) is 3.14. The van der Waals surface area contributed by atoms with E-state index in [1.165, 1.54) is 0 Å². The lowest BCUT2D eigenvalue weighted by molar-refractivity contribution is 0.0922. The second-order valence-corrected chi connectivity index (χ2v) is 7.84. The number of hydrogen-bond donors (Lipinski definition) is 1. The zero-order valence-electron chi connectivity index (χ0n) is 16.8. The highest BCUT2D eigenvalue weighted by Gasteiger charge is 2.24. The average Bonchev–Trinajstić information content (AvgIpc) is 3.42. The normalized spacial score (nSPS) is 19.1. The number of hydrogen-bond acceptors (Lipinski definition) is 5. The largest absolute Gasteiger partial charge is 0.349 e. The van der Waals surface area contributed by atoms with Crippen LogP contribution in [0.4, 0.5) is 0 Å². The summed E-state index contributed by atoms with van der Waals surface area (Å²) in [4.78, 5) is 25.5. The van der Waals surface area contributed by atoms with Gasteiger partial charge in [0.25, 0.3) is 5.91 Å². The van der Waals surface area contributed by atoms with E-state index >= 15 is 0 Å². The van der Waals surface area contributed by atoms with Crippen molar-refractivity contribution in [1.29, 1.82) is 0 Å². The van der Waals surface area contributed by atoms with Crippen LogP contribution < -0.4 is 5.32 Å². The molecular weight excluding hydrogens is 378 g/mol. The fourth-order valence-electron chi connectivity index (χ4n) is 4.15. The average molecular weight is 401 g/mol. The van der Waals surface area contributed by atoms with Crippen molar-refractivity contribution >= 4 is 16.9 Å². The van der Waals surface area contributed by atoms with E-state index in [0.717, 1.165) is 48.0 Å². The molecule has 3 heterocycles. The van der Waals surface area contributed by atoms with E-state index in [9.17, 15) is 4.79 Å². The molecule has 1 N–H and O–H groups in total. The summed E-state index contributed by atoms with van der Waals surface area (Å²) >= 11 is 0. The van der Waals surface area contributed by atoms with Crippen LogP contribution in [0, 0.1) is 0 Å². The number of nitrogens with one attached hydrogen (secondary N) is 1. The molecule has 1 saturated carbocycles. The first-order chi connectivity index (χ1) is 14.7. The fraction of sp³-hybridized carbons (Fsp3) is 0.318. The highest BCUT2D eigenvalue weighted by molar-refractivity contribution is 5.97. The lowest BCUT2D eigenvalue weighted by atomic mass is 9.91. The van der Waals surface area contributed by atoms with Gasteiger partial charge in [0.2, 0.25) is 0 Å². The maximum Gasteiger partial charge on any atom is 0.251 e. The Morgan fingerprint density at radius 2 is 1.97 bits per heavy atom. The van der Waals surface area contributed by atoms with Crippen LogP contribution in [0.15, 0.2) is 55.5 Å². The van der Waals surface area contributed by atoms with Gasteiger partial charge in [-0.3, -0.25) is 19.4 Å². The number of fused-ring (bicyclic) bond motifs is 1. The molecule has 1 aliphatic carbocycles. The highest BCUT2D eigenvalue weighted by atomic mass is 16.1. The summed E-state index contributed by atoms with van der Waals surface area (Å²) in [7, 11) is 1.95. The molecule has 8 nitrogen and oxygen atoms in total. The third-order valence-corrected chi connectivity index (χ3v) is 5.85. The lowest BCUT2D eigenvalue weighted by Gasteiger charge is -2.29. The van der Waals surface area contributed by atoms with E-state index < -0.39 is 0 Å². The number of carbonyl (C=O) groups is 1. The molecule has 152 valence electrons. The molecule has 3 aromatic heterocycles. The lowest BCUT2D eigenvalue weighted by Crippen LogP contribution is -2.38. The molecule has 5 rings (SSSR count). The van der Waals surface area contributed by atoms with Gasteiger partial charge >= 0.3 is 0 Å². The summed E-state index contributed by atoms with van der Waals surface area (Å²) < 4.78 is 3.97. The number of carbonyl (C=O) groups excluding carboxylic acids is 1. The maximum atomic E-state index is 12.7. The molecule has 1 amide bonds. The summed E-state index contributed by atoms with van der Waals surface area (Å²) in [6.45, 7) is 0. The van der Waals surface area contributed by atoms with Crippen LogP contribution in [0.2, 0.25) is 0 Å². The summed E-state index contributed by atoms with van der Waals surface area (Å²) in [5.41, 5.74) is 4.32. The summed E-state index contributed by atoms with van der Waals surface area (Å²) in [5.74, 6) is -0.0324. The third kappa shape index (κ3) is 3.56. The van der Waals surface area contributed by atoms with Gasteiger partial charge in [-0.2, -0.15) is 5.10 Å². The third-order valence-electron chi connectivity index (χ3n) is 5.85. The Hall–Kier alpha value is -3.55. The molecule has 8 heteroatoms. The number of amides is 1. The Morgan fingerprint density at radius 1 is 1.10 bits per heavy atom. The van der Waals surface area contributed by atoms with Crippen LogP contribution in [-0.2, 0) is 7.05 Å². The van der Waals surface area contributed by atoms with Gasteiger partial charge in [0.1, 0.15) is 0 Å². The molecule has 0 unspecified atom stereocenters. The van der Waals surface area contributed by atoms with Gasteiger partial charge in [0.15, 0.2) is 0 Å². The molecular formula is C22H23N7O. The summed E-state index contributed by atoms with van der Waals surface area (Å²) in [6.07, 6.45) is 14.6. The molecule has 0 atom stereocenters. The Morgan fingerprint density at radius 3 is 2.77 bits per heavy atom. The number of benzene rings is 1. The topological polar surface area (TPSA) is 90.5 Å². The zero-order valence-corrected chi connectivity index (χ0v) is 16.8. The van der Waals surface area contributed by atoms with E-state index in [1.54, 1.807) is 24.9 Å². The van der Waals surface area contributed by atoms with Crippen LogP contribution in [0.5, 0.6) is 0 Å². The first kappa shape index (κ1) is 18.5. The molecule has 0 spiro atoms. The number of imidazole rings is 1. The van der Waals surface area contributed by atoms with Crippen molar-refractivity contribution < 1.29 is 4.79 Å². The van der Waals surface area contributed by atoms with Crippen LogP contribution in [0.3, 0.4) is 0 Å². The molecule has 0 aliphatic heterocycles. The first-order valence-electron chi connectivity index (χ1n) is 10.2. The Kier molecular flexibility index (Phi) is 4.74. The minimum atomic E-state index is -0.0324.